The number of halogens is 6. The lowest BCUT2D eigenvalue weighted by molar-refractivity contribution is -0.158. The van der Waals surface area contributed by atoms with Crippen molar-refractivity contribution in [3.8, 4) is 6.07 Å². The van der Waals surface area contributed by atoms with Crippen LogP contribution in [0.4, 0.5) is 26.3 Å². The molecule has 0 aliphatic heterocycles. The van der Waals surface area contributed by atoms with E-state index in [4.69, 9.17) is 14.7 Å². The average Bonchev–Trinajstić information content (AvgIpc) is 2.76. The fourth-order valence-electron chi connectivity index (χ4n) is 3.53. The Morgan fingerprint density at radius 2 is 1.25 bits per heavy atom. The lowest BCUT2D eigenvalue weighted by Crippen LogP contribution is -2.29. The minimum atomic E-state index is -4.57. The van der Waals surface area contributed by atoms with Gasteiger partial charge in [-0.05, 0) is 71.2 Å². The molecule has 0 aliphatic carbocycles. The SMILES string of the molecule is CC(C)(C)OC(=O)C(CCC#N)c1ccccc1C(F)(F)F.CC(C)(C)OC(=O)Cc1ccccc1C(F)(F)F. The quantitative estimate of drug-likeness (QED) is 0.258. The Morgan fingerprint density at radius 1 is 0.775 bits per heavy atom. The molecule has 5 nitrogen and oxygen atoms in total. The molecule has 0 amide bonds. The summed E-state index contributed by atoms with van der Waals surface area (Å²) < 4.78 is 87.6. The predicted molar refractivity (Wildman–Crippen MR) is 136 cm³/mol. The highest BCUT2D eigenvalue weighted by atomic mass is 19.4. The van der Waals surface area contributed by atoms with Gasteiger partial charge >= 0.3 is 24.3 Å². The van der Waals surface area contributed by atoms with E-state index >= 15 is 0 Å². The van der Waals surface area contributed by atoms with Crippen LogP contribution in [0, 0.1) is 11.3 Å². The summed E-state index contributed by atoms with van der Waals surface area (Å²) in [5, 5.41) is 8.68. The molecule has 0 aromatic heterocycles. The lowest BCUT2D eigenvalue weighted by atomic mass is 9.90. The number of benzene rings is 2. The van der Waals surface area contributed by atoms with E-state index in [1.54, 1.807) is 41.5 Å². The molecule has 0 radical (unpaired) electrons. The van der Waals surface area contributed by atoms with Gasteiger partial charge < -0.3 is 9.47 Å². The zero-order valence-corrected chi connectivity index (χ0v) is 23.2. The zero-order chi connectivity index (χ0) is 30.9. The molecule has 2 aromatic rings. The topological polar surface area (TPSA) is 76.4 Å². The van der Waals surface area contributed by atoms with Gasteiger partial charge in [-0.15, -0.1) is 0 Å². The summed E-state index contributed by atoms with van der Waals surface area (Å²) in [5.74, 6) is -2.53. The third-order valence-corrected chi connectivity index (χ3v) is 4.96. The van der Waals surface area contributed by atoms with E-state index in [9.17, 15) is 35.9 Å². The maximum absolute atomic E-state index is 13.1. The fraction of sp³-hybridized carbons (Fsp3) is 0.483. The van der Waals surface area contributed by atoms with Crippen molar-refractivity contribution in [3.05, 3.63) is 70.8 Å². The molecule has 0 fully saturated rings. The van der Waals surface area contributed by atoms with E-state index < -0.39 is 52.5 Å². The first-order chi connectivity index (χ1) is 18.2. The predicted octanol–water partition coefficient (Wildman–Crippen LogP) is 8.02. The van der Waals surface area contributed by atoms with Crippen LogP contribution in [0.5, 0.6) is 0 Å². The van der Waals surface area contributed by atoms with E-state index in [-0.39, 0.29) is 30.4 Å². The van der Waals surface area contributed by atoms with E-state index in [2.05, 4.69) is 0 Å². The summed E-state index contributed by atoms with van der Waals surface area (Å²) in [4.78, 5) is 23.8. The summed E-state index contributed by atoms with van der Waals surface area (Å²) in [6.07, 6.45) is -9.45. The fourth-order valence-corrected chi connectivity index (χ4v) is 3.53. The van der Waals surface area contributed by atoms with Crippen molar-refractivity contribution in [2.24, 2.45) is 0 Å². The maximum Gasteiger partial charge on any atom is 0.416 e. The van der Waals surface area contributed by atoms with Gasteiger partial charge in [-0.2, -0.15) is 31.6 Å². The molecule has 0 heterocycles. The molecule has 0 saturated carbocycles. The second kappa shape index (κ2) is 13.7. The number of nitrogens with zero attached hydrogens (tertiary/aromatic N) is 1. The van der Waals surface area contributed by atoms with Crippen LogP contribution >= 0.6 is 0 Å². The van der Waals surface area contributed by atoms with Gasteiger partial charge in [0.1, 0.15) is 11.2 Å². The van der Waals surface area contributed by atoms with Crippen LogP contribution < -0.4 is 0 Å². The summed E-state index contributed by atoms with van der Waals surface area (Å²) >= 11 is 0. The molecule has 11 heteroatoms. The van der Waals surface area contributed by atoms with Crippen LogP contribution in [0.15, 0.2) is 48.5 Å². The van der Waals surface area contributed by atoms with Crippen LogP contribution in [0.25, 0.3) is 0 Å². The van der Waals surface area contributed by atoms with Crippen molar-refractivity contribution < 1.29 is 45.4 Å². The Bertz CT molecular complexity index is 1180. The zero-order valence-electron chi connectivity index (χ0n) is 23.2. The van der Waals surface area contributed by atoms with Crippen molar-refractivity contribution >= 4 is 11.9 Å². The van der Waals surface area contributed by atoms with Crippen LogP contribution in [-0.2, 0) is 37.8 Å². The van der Waals surface area contributed by atoms with Gasteiger partial charge in [0.25, 0.3) is 0 Å². The third-order valence-electron chi connectivity index (χ3n) is 4.96. The van der Waals surface area contributed by atoms with E-state index in [1.165, 1.54) is 36.4 Å². The van der Waals surface area contributed by atoms with E-state index in [0.717, 1.165) is 12.1 Å². The summed E-state index contributed by atoms with van der Waals surface area (Å²) in [7, 11) is 0. The minimum Gasteiger partial charge on any atom is -0.460 e. The summed E-state index contributed by atoms with van der Waals surface area (Å²) in [6, 6.07) is 11.8. The molecular formula is C29H33F6NO4. The molecule has 0 saturated heterocycles. The summed E-state index contributed by atoms with van der Waals surface area (Å²) in [6.45, 7) is 9.92. The normalized spacial score (nSPS) is 12.9. The molecule has 1 unspecified atom stereocenters. The number of carbonyl (C=O) groups is 2. The Hall–Kier alpha value is -3.55. The molecule has 40 heavy (non-hydrogen) atoms. The number of rotatable bonds is 6. The van der Waals surface area contributed by atoms with E-state index in [0.29, 0.717) is 0 Å². The minimum absolute atomic E-state index is 0.0154. The first kappa shape index (κ1) is 34.5. The Balaban J connectivity index is 0.000000408. The first-order valence-electron chi connectivity index (χ1n) is 12.3. The number of carbonyl (C=O) groups excluding carboxylic acids is 2. The van der Waals surface area contributed by atoms with Gasteiger partial charge in [0.05, 0.1) is 29.5 Å². The monoisotopic (exact) mass is 573 g/mol. The maximum atomic E-state index is 13.1. The number of alkyl halides is 6. The third kappa shape index (κ3) is 12.1. The van der Waals surface area contributed by atoms with Crippen LogP contribution in [-0.4, -0.2) is 23.1 Å². The molecule has 0 spiro atoms. The summed E-state index contributed by atoms with van der Waals surface area (Å²) in [5.41, 5.74) is -3.40. The van der Waals surface area contributed by atoms with Crippen LogP contribution in [0.2, 0.25) is 0 Å². The van der Waals surface area contributed by atoms with Crippen molar-refractivity contribution in [2.45, 2.75) is 90.3 Å². The highest BCUT2D eigenvalue weighted by Crippen LogP contribution is 2.37. The second-order valence-corrected chi connectivity index (χ2v) is 10.8. The number of nitriles is 1. The van der Waals surface area contributed by atoms with Gasteiger partial charge in [0, 0.05) is 6.42 Å². The number of ether oxygens (including phenoxy) is 2. The first-order valence-corrected chi connectivity index (χ1v) is 12.3. The standard InChI is InChI=1S/C16H18F3NO2.C13H15F3O2/c1-15(2,3)22-14(21)12(8-6-10-20)11-7-4-5-9-13(11)16(17,18)19;1-12(2,3)18-11(17)8-9-6-4-5-7-10(9)13(14,15)16/h4-5,7,9,12H,6,8H2,1-3H3;4-7H,8H2,1-3H3. The molecule has 0 N–H and O–H groups in total. The van der Waals surface area contributed by atoms with Gasteiger partial charge in [-0.1, -0.05) is 36.4 Å². The Labute approximate surface area is 230 Å². The van der Waals surface area contributed by atoms with Crippen LogP contribution in [0.3, 0.4) is 0 Å². The van der Waals surface area contributed by atoms with Gasteiger partial charge in [0.2, 0.25) is 0 Å². The van der Waals surface area contributed by atoms with Gasteiger partial charge in [0.15, 0.2) is 0 Å². The largest absolute Gasteiger partial charge is 0.460 e. The number of hydrogen-bond acceptors (Lipinski definition) is 5. The van der Waals surface area contributed by atoms with Gasteiger partial charge in [-0.25, -0.2) is 0 Å². The van der Waals surface area contributed by atoms with E-state index in [1.807, 2.05) is 6.07 Å². The highest BCUT2D eigenvalue weighted by Gasteiger charge is 2.38. The molecule has 2 aromatic carbocycles. The smallest absolute Gasteiger partial charge is 0.416 e. The molecule has 0 bridgehead atoms. The average molecular weight is 574 g/mol. The van der Waals surface area contributed by atoms with Crippen LogP contribution in [0.1, 0.15) is 82.6 Å². The molecule has 1 atom stereocenters. The van der Waals surface area contributed by atoms with Crippen molar-refractivity contribution in [1.29, 1.82) is 5.26 Å². The molecular weight excluding hydrogens is 540 g/mol. The lowest BCUT2D eigenvalue weighted by Gasteiger charge is -2.25. The number of esters is 2. The Kier molecular flexibility index (Phi) is 11.8. The number of hydrogen-bond donors (Lipinski definition) is 0. The molecule has 2 rings (SSSR count). The molecule has 220 valence electrons. The van der Waals surface area contributed by atoms with Crippen molar-refractivity contribution in [2.75, 3.05) is 0 Å². The van der Waals surface area contributed by atoms with Crippen molar-refractivity contribution in [3.63, 3.8) is 0 Å². The second-order valence-electron chi connectivity index (χ2n) is 10.8. The van der Waals surface area contributed by atoms with Crippen molar-refractivity contribution in [1.82, 2.24) is 0 Å². The Morgan fingerprint density at radius 3 is 1.73 bits per heavy atom. The van der Waals surface area contributed by atoms with Gasteiger partial charge in [-0.3, -0.25) is 9.59 Å². The highest BCUT2D eigenvalue weighted by molar-refractivity contribution is 5.79. The molecule has 0 aliphatic rings.